The van der Waals surface area contributed by atoms with Gasteiger partial charge in [0.25, 0.3) is 0 Å². The Balaban J connectivity index is 1.35. The van der Waals surface area contributed by atoms with Crippen molar-refractivity contribution < 1.29 is 18.6 Å². The van der Waals surface area contributed by atoms with Gasteiger partial charge in [-0.15, -0.1) is 0 Å². The van der Waals surface area contributed by atoms with E-state index in [9.17, 15) is 4.79 Å². The maximum Gasteiger partial charge on any atom is 0.344 e. The van der Waals surface area contributed by atoms with Crippen molar-refractivity contribution in [3.8, 4) is 22.6 Å². The highest BCUT2D eigenvalue weighted by atomic mass is 16.5. The number of methoxy groups -OCH3 is 1. The van der Waals surface area contributed by atoms with Crippen LogP contribution in [0.25, 0.3) is 22.1 Å². The van der Waals surface area contributed by atoms with Gasteiger partial charge in [0.15, 0.2) is 0 Å². The second-order valence-corrected chi connectivity index (χ2v) is 8.27. The van der Waals surface area contributed by atoms with E-state index in [-0.39, 0.29) is 5.63 Å². The fourth-order valence-corrected chi connectivity index (χ4v) is 4.40. The van der Waals surface area contributed by atoms with Gasteiger partial charge in [0.05, 0.1) is 31.5 Å². The Morgan fingerprint density at radius 1 is 1.00 bits per heavy atom. The lowest BCUT2D eigenvalue weighted by atomic mass is 10.0. The number of fused-ring (bicyclic) bond motifs is 3. The Bertz CT molecular complexity index is 1140. The van der Waals surface area contributed by atoms with Crippen LogP contribution in [0.1, 0.15) is 12.0 Å². The molecule has 1 fully saturated rings. The van der Waals surface area contributed by atoms with Gasteiger partial charge in [-0.05, 0) is 48.9 Å². The van der Waals surface area contributed by atoms with Gasteiger partial charge in [-0.2, -0.15) is 0 Å². The minimum Gasteiger partial charge on any atom is -0.497 e. The molecule has 7 nitrogen and oxygen atoms in total. The predicted molar refractivity (Wildman–Crippen MR) is 122 cm³/mol. The van der Waals surface area contributed by atoms with E-state index in [2.05, 4.69) is 9.80 Å². The summed E-state index contributed by atoms with van der Waals surface area (Å²) >= 11 is 0. The highest BCUT2D eigenvalue weighted by Gasteiger charge is 2.22. The summed E-state index contributed by atoms with van der Waals surface area (Å²) in [6, 6.07) is 13.3. The molecule has 3 heterocycles. The first-order valence-corrected chi connectivity index (χ1v) is 11.1. The van der Waals surface area contributed by atoms with E-state index in [1.165, 1.54) is 0 Å². The second-order valence-electron chi connectivity index (χ2n) is 8.27. The molecule has 1 saturated heterocycles. The molecular weight excluding hydrogens is 408 g/mol. The normalized spacial score (nSPS) is 17.2. The molecule has 32 heavy (non-hydrogen) atoms. The SMILES string of the molecule is COc1ccc(-c2cc3ccc4c(c3oc2=O)CN(CCCN2CCOCC2)CO4)cc1. The minimum absolute atomic E-state index is 0.347. The monoisotopic (exact) mass is 436 g/mol. The third kappa shape index (κ3) is 4.37. The number of nitrogens with zero attached hydrogens (tertiary/aromatic N) is 2. The van der Waals surface area contributed by atoms with Crippen molar-refractivity contribution in [3.05, 3.63) is 58.4 Å². The summed E-state index contributed by atoms with van der Waals surface area (Å²) in [5, 5.41) is 0.896. The van der Waals surface area contributed by atoms with Crippen molar-refractivity contribution in [1.29, 1.82) is 0 Å². The molecule has 0 spiro atoms. The average molecular weight is 437 g/mol. The van der Waals surface area contributed by atoms with E-state index >= 15 is 0 Å². The third-order valence-electron chi connectivity index (χ3n) is 6.20. The molecule has 2 aliphatic heterocycles. The fourth-order valence-electron chi connectivity index (χ4n) is 4.40. The average Bonchev–Trinajstić information content (AvgIpc) is 2.84. The number of hydrogen-bond donors (Lipinski definition) is 0. The maximum absolute atomic E-state index is 12.8. The maximum atomic E-state index is 12.8. The van der Waals surface area contributed by atoms with Crippen molar-refractivity contribution in [1.82, 2.24) is 9.80 Å². The zero-order chi connectivity index (χ0) is 21.9. The van der Waals surface area contributed by atoms with Crippen LogP contribution < -0.4 is 15.1 Å². The van der Waals surface area contributed by atoms with E-state index in [0.717, 1.165) is 73.8 Å². The molecule has 7 heteroatoms. The summed E-state index contributed by atoms with van der Waals surface area (Å²) in [5.41, 5.74) is 2.56. The van der Waals surface area contributed by atoms with Gasteiger partial charge in [0, 0.05) is 31.6 Å². The molecule has 0 saturated carbocycles. The van der Waals surface area contributed by atoms with Crippen molar-refractivity contribution in [3.63, 3.8) is 0 Å². The lowest BCUT2D eigenvalue weighted by Gasteiger charge is -2.31. The summed E-state index contributed by atoms with van der Waals surface area (Å²) in [7, 11) is 1.62. The van der Waals surface area contributed by atoms with E-state index in [0.29, 0.717) is 24.4 Å². The van der Waals surface area contributed by atoms with Crippen LogP contribution in [0.2, 0.25) is 0 Å². The van der Waals surface area contributed by atoms with Crippen LogP contribution in [-0.4, -0.2) is 63.0 Å². The summed E-state index contributed by atoms with van der Waals surface area (Å²) in [6.45, 7) is 6.91. The van der Waals surface area contributed by atoms with Gasteiger partial charge in [0.2, 0.25) is 0 Å². The van der Waals surface area contributed by atoms with Crippen LogP contribution in [0.5, 0.6) is 11.5 Å². The quantitative estimate of drug-likeness (QED) is 0.549. The van der Waals surface area contributed by atoms with Gasteiger partial charge >= 0.3 is 5.63 Å². The van der Waals surface area contributed by atoms with Crippen molar-refractivity contribution in [2.75, 3.05) is 53.2 Å². The summed E-state index contributed by atoms with van der Waals surface area (Å²) in [6.07, 6.45) is 1.06. The van der Waals surface area contributed by atoms with E-state index in [4.69, 9.17) is 18.6 Å². The lowest BCUT2D eigenvalue weighted by Crippen LogP contribution is -2.39. The van der Waals surface area contributed by atoms with Crippen LogP contribution in [0.3, 0.4) is 0 Å². The number of ether oxygens (including phenoxy) is 3. The number of benzene rings is 2. The number of rotatable bonds is 6. The number of hydrogen-bond acceptors (Lipinski definition) is 7. The summed E-state index contributed by atoms with van der Waals surface area (Å²) < 4.78 is 22.4. The van der Waals surface area contributed by atoms with Crippen LogP contribution in [-0.2, 0) is 11.3 Å². The first-order chi connectivity index (χ1) is 15.7. The fraction of sp³-hybridized carbons (Fsp3) is 0.400. The Hall–Kier alpha value is -2.87. The zero-order valence-electron chi connectivity index (χ0n) is 18.3. The van der Waals surface area contributed by atoms with Crippen LogP contribution in [0.4, 0.5) is 0 Å². The highest BCUT2D eigenvalue weighted by Crippen LogP contribution is 2.33. The van der Waals surface area contributed by atoms with E-state index in [1.54, 1.807) is 7.11 Å². The Morgan fingerprint density at radius 2 is 1.78 bits per heavy atom. The first-order valence-electron chi connectivity index (χ1n) is 11.1. The number of morpholine rings is 1. The molecule has 3 aromatic rings. The van der Waals surface area contributed by atoms with Crippen molar-refractivity contribution >= 4 is 11.0 Å². The first kappa shape index (κ1) is 21.0. The molecular formula is C25H28N2O5. The molecule has 0 unspecified atom stereocenters. The topological polar surface area (TPSA) is 64.4 Å². The highest BCUT2D eigenvalue weighted by molar-refractivity contribution is 5.86. The Kier molecular flexibility index (Phi) is 6.12. The molecule has 5 rings (SSSR count). The summed E-state index contributed by atoms with van der Waals surface area (Å²) in [5.74, 6) is 1.54. The minimum atomic E-state index is -0.347. The Labute approximate surface area is 187 Å². The van der Waals surface area contributed by atoms with Crippen LogP contribution >= 0.6 is 0 Å². The standard InChI is InChI=1S/C25H28N2O5/c1-29-20-6-3-18(4-7-20)21-15-19-5-8-23-22(24(19)32-25(21)28)16-27(17-31-23)10-2-9-26-11-13-30-14-12-26/h3-8,15H,2,9-14,16-17H2,1H3. The van der Waals surface area contributed by atoms with Crippen molar-refractivity contribution in [2.24, 2.45) is 0 Å². The molecule has 0 aliphatic carbocycles. The second kappa shape index (κ2) is 9.32. The van der Waals surface area contributed by atoms with Crippen LogP contribution in [0, 0.1) is 0 Å². The van der Waals surface area contributed by atoms with Crippen molar-refractivity contribution in [2.45, 2.75) is 13.0 Å². The smallest absolute Gasteiger partial charge is 0.344 e. The molecule has 0 radical (unpaired) electrons. The molecule has 0 amide bonds. The van der Waals surface area contributed by atoms with E-state index < -0.39 is 0 Å². The predicted octanol–water partition coefficient (Wildman–Crippen LogP) is 3.34. The molecule has 0 atom stereocenters. The molecule has 2 aliphatic rings. The van der Waals surface area contributed by atoms with E-state index in [1.807, 2.05) is 42.5 Å². The third-order valence-corrected chi connectivity index (χ3v) is 6.20. The molecule has 0 bridgehead atoms. The van der Waals surface area contributed by atoms with Gasteiger partial charge in [-0.3, -0.25) is 9.80 Å². The molecule has 168 valence electrons. The zero-order valence-corrected chi connectivity index (χ0v) is 18.3. The molecule has 2 aromatic carbocycles. The van der Waals surface area contributed by atoms with Gasteiger partial charge < -0.3 is 18.6 Å². The lowest BCUT2D eigenvalue weighted by molar-refractivity contribution is 0.0330. The van der Waals surface area contributed by atoms with Gasteiger partial charge in [0.1, 0.15) is 23.8 Å². The van der Waals surface area contributed by atoms with Gasteiger partial charge in [-0.1, -0.05) is 12.1 Å². The van der Waals surface area contributed by atoms with Gasteiger partial charge in [-0.25, -0.2) is 4.79 Å². The molecule has 0 N–H and O–H groups in total. The van der Waals surface area contributed by atoms with Crippen LogP contribution in [0.15, 0.2) is 51.7 Å². The Morgan fingerprint density at radius 3 is 2.56 bits per heavy atom. The summed E-state index contributed by atoms with van der Waals surface area (Å²) in [4.78, 5) is 17.5. The molecule has 1 aromatic heterocycles. The largest absolute Gasteiger partial charge is 0.497 e.